The summed E-state index contributed by atoms with van der Waals surface area (Å²) in [6.07, 6.45) is 4.61. The fraction of sp³-hybridized carbons (Fsp3) is 0.458. The molecule has 4 atom stereocenters. The number of hydrogen-bond donors (Lipinski definition) is 7. The molecule has 3 amide bonds. The Morgan fingerprint density at radius 1 is 0.972 bits per heavy atom. The first-order chi connectivity index (χ1) is 17.2. The molecule has 12 heteroatoms. The van der Waals surface area contributed by atoms with Crippen molar-refractivity contribution in [3.8, 4) is 0 Å². The van der Waals surface area contributed by atoms with E-state index in [1.807, 2.05) is 30.3 Å². The molecular formula is C24H35N7O5. The number of H-pyrrole nitrogens is 1. The average Bonchev–Trinajstić information content (AvgIpc) is 3.36. The third-order valence-electron chi connectivity index (χ3n) is 5.56. The Balaban J connectivity index is 2.01. The minimum Gasteiger partial charge on any atom is -0.480 e. The summed E-state index contributed by atoms with van der Waals surface area (Å²) in [6, 6.07) is 5.15. The molecule has 0 aliphatic carbocycles. The number of aromatic nitrogens is 2. The fourth-order valence-electron chi connectivity index (χ4n) is 3.49. The largest absolute Gasteiger partial charge is 0.480 e. The third-order valence-corrected chi connectivity index (χ3v) is 5.56. The number of carboxylic acids is 1. The first-order valence-corrected chi connectivity index (χ1v) is 11.8. The summed E-state index contributed by atoms with van der Waals surface area (Å²) < 4.78 is 0. The number of hydrogen-bond acceptors (Lipinski definition) is 7. The van der Waals surface area contributed by atoms with E-state index in [1.54, 1.807) is 0 Å². The number of amides is 3. The van der Waals surface area contributed by atoms with Gasteiger partial charge in [-0.05, 0) is 44.7 Å². The lowest BCUT2D eigenvalue weighted by atomic mass is 10.1. The molecule has 0 saturated heterocycles. The molecule has 36 heavy (non-hydrogen) atoms. The van der Waals surface area contributed by atoms with Crippen molar-refractivity contribution in [2.45, 2.75) is 63.2 Å². The minimum absolute atomic E-state index is 0.0426. The van der Waals surface area contributed by atoms with Crippen LogP contribution in [0.3, 0.4) is 0 Å². The zero-order valence-electron chi connectivity index (χ0n) is 20.3. The minimum atomic E-state index is -1.18. The van der Waals surface area contributed by atoms with Crippen molar-refractivity contribution in [2.24, 2.45) is 11.5 Å². The predicted molar refractivity (Wildman–Crippen MR) is 132 cm³/mol. The van der Waals surface area contributed by atoms with Gasteiger partial charge in [0.2, 0.25) is 17.7 Å². The van der Waals surface area contributed by atoms with Crippen LogP contribution in [0.5, 0.6) is 0 Å². The predicted octanol–water partition coefficient (Wildman–Crippen LogP) is -0.790. The number of carbonyl (C=O) groups is 4. The highest BCUT2D eigenvalue weighted by Crippen LogP contribution is 2.05. The molecule has 1 aromatic heterocycles. The maximum Gasteiger partial charge on any atom is 0.326 e. The summed E-state index contributed by atoms with van der Waals surface area (Å²) in [5.41, 5.74) is 12.9. The van der Waals surface area contributed by atoms with Gasteiger partial charge in [0.15, 0.2) is 0 Å². The number of carbonyl (C=O) groups excluding carboxylic acids is 3. The molecule has 0 spiro atoms. The second kappa shape index (κ2) is 14.6. The van der Waals surface area contributed by atoms with Crippen LogP contribution < -0.4 is 27.4 Å². The van der Waals surface area contributed by atoms with Crippen LogP contribution in [-0.2, 0) is 32.0 Å². The Morgan fingerprint density at radius 2 is 1.67 bits per heavy atom. The van der Waals surface area contributed by atoms with Crippen LogP contribution in [0.1, 0.15) is 37.4 Å². The van der Waals surface area contributed by atoms with Crippen LogP contribution in [0.15, 0.2) is 42.9 Å². The molecule has 0 aliphatic rings. The Kier molecular flexibility index (Phi) is 11.5. The van der Waals surface area contributed by atoms with Crippen LogP contribution in [0, 0.1) is 0 Å². The number of carboxylic acid groups (broad SMARTS) is 1. The van der Waals surface area contributed by atoms with Crippen LogP contribution in [-0.4, -0.2) is 69.5 Å². The van der Waals surface area contributed by atoms with E-state index in [0.29, 0.717) is 31.5 Å². The number of aliphatic carboxylic acids is 1. The average molecular weight is 502 g/mol. The topological polar surface area (TPSA) is 205 Å². The zero-order chi connectivity index (χ0) is 26.5. The van der Waals surface area contributed by atoms with Crippen molar-refractivity contribution < 1.29 is 24.3 Å². The Morgan fingerprint density at radius 3 is 2.28 bits per heavy atom. The third kappa shape index (κ3) is 9.47. The lowest BCUT2D eigenvalue weighted by Crippen LogP contribution is -2.57. The Labute approximate surface area is 209 Å². The van der Waals surface area contributed by atoms with Gasteiger partial charge >= 0.3 is 5.97 Å². The number of unbranched alkanes of at least 4 members (excludes halogenated alkanes) is 1. The van der Waals surface area contributed by atoms with Crippen molar-refractivity contribution in [3.63, 3.8) is 0 Å². The highest BCUT2D eigenvalue weighted by molar-refractivity contribution is 5.94. The van der Waals surface area contributed by atoms with Crippen LogP contribution in [0.2, 0.25) is 0 Å². The van der Waals surface area contributed by atoms with Gasteiger partial charge in [-0.2, -0.15) is 0 Å². The fourth-order valence-corrected chi connectivity index (χ4v) is 3.49. The second-order valence-electron chi connectivity index (χ2n) is 8.55. The molecule has 0 saturated carbocycles. The number of rotatable bonds is 15. The lowest BCUT2D eigenvalue weighted by molar-refractivity contribution is -0.142. The van der Waals surface area contributed by atoms with Crippen molar-refractivity contribution in [1.29, 1.82) is 0 Å². The molecule has 196 valence electrons. The Bertz CT molecular complexity index is 984. The van der Waals surface area contributed by atoms with E-state index >= 15 is 0 Å². The van der Waals surface area contributed by atoms with Gasteiger partial charge in [-0.25, -0.2) is 9.78 Å². The molecule has 12 nitrogen and oxygen atoms in total. The van der Waals surface area contributed by atoms with Gasteiger partial charge in [0.25, 0.3) is 0 Å². The van der Waals surface area contributed by atoms with Crippen LogP contribution in [0.4, 0.5) is 0 Å². The SMILES string of the molecule is CC(NC(=O)C(N)Cc1ccccc1)C(=O)NC(Cc1cnc[nH]1)C(=O)NC(CCCCN)C(=O)O. The van der Waals surface area contributed by atoms with E-state index < -0.39 is 47.9 Å². The number of nitrogens with zero attached hydrogens (tertiary/aromatic N) is 1. The summed E-state index contributed by atoms with van der Waals surface area (Å²) in [4.78, 5) is 56.6. The highest BCUT2D eigenvalue weighted by atomic mass is 16.4. The summed E-state index contributed by atoms with van der Waals surface area (Å²) in [6.45, 7) is 1.89. The molecule has 2 aromatic rings. The number of nitrogens with two attached hydrogens (primary N) is 2. The number of imidazole rings is 1. The van der Waals surface area contributed by atoms with Crippen molar-refractivity contribution in [3.05, 3.63) is 54.1 Å². The normalized spacial score (nSPS) is 14.2. The smallest absolute Gasteiger partial charge is 0.326 e. The van der Waals surface area contributed by atoms with E-state index in [1.165, 1.54) is 19.4 Å². The molecule has 0 bridgehead atoms. The molecule has 0 fully saturated rings. The van der Waals surface area contributed by atoms with Crippen molar-refractivity contribution in [2.75, 3.05) is 6.54 Å². The summed E-state index contributed by atoms with van der Waals surface area (Å²) in [5, 5.41) is 17.1. The molecule has 1 aromatic carbocycles. The van der Waals surface area contributed by atoms with E-state index in [0.717, 1.165) is 5.56 Å². The van der Waals surface area contributed by atoms with Gasteiger partial charge in [0.05, 0.1) is 12.4 Å². The lowest BCUT2D eigenvalue weighted by Gasteiger charge is -2.23. The summed E-state index contributed by atoms with van der Waals surface area (Å²) >= 11 is 0. The molecule has 4 unspecified atom stereocenters. The standard InChI is InChI=1S/C24H35N7O5/c1-15(29-22(33)18(26)11-16-7-3-2-4-8-16)21(32)31-20(12-17-13-27-14-28-17)23(34)30-19(24(35)36)9-5-6-10-25/h2-4,7-8,13-15,18-20H,5-6,9-12,25-26H2,1H3,(H,27,28)(H,29,33)(H,30,34)(H,31,32)(H,35,36). The molecular weight excluding hydrogens is 466 g/mol. The van der Waals surface area contributed by atoms with Gasteiger partial charge in [0.1, 0.15) is 18.1 Å². The number of aromatic amines is 1. The van der Waals surface area contributed by atoms with Crippen molar-refractivity contribution >= 4 is 23.7 Å². The van der Waals surface area contributed by atoms with Gasteiger partial charge in [0, 0.05) is 18.3 Å². The maximum atomic E-state index is 13.0. The maximum absolute atomic E-state index is 13.0. The molecule has 0 aliphatic heterocycles. The Hall–Kier alpha value is -3.77. The molecule has 0 radical (unpaired) electrons. The first-order valence-electron chi connectivity index (χ1n) is 11.8. The van der Waals surface area contributed by atoms with Crippen LogP contribution >= 0.6 is 0 Å². The van der Waals surface area contributed by atoms with E-state index in [4.69, 9.17) is 11.5 Å². The second-order valence-corrected chi connectivity index (χ2v) is 8.55. The highest BCUT2D eigenvalue weighted by Gasteiger charge is 2.29. The van der Waals surface area contributed by atoms with Crippen molar-refractivity contribution in [1.82, 2.24) is 25.9 Å². The quantitative estimate of drug-likeness (QED) is 0.154. The first kappa shape index (κ1) is 28.5. The molecule has 9 N–H and O–H groups in total. The number of nitrogens with one attached hydrogen (secondary N) is 4. The number of benzene rings is 1. The van der Waals surface area contributed by atoms with Crippen LogP contribution in [0.25, 0.3) is 0 Å². The van der Waals surface area contributed by atoms with Gasteiger partial charge in [-0.1, -0.05) is 30.3 Å². The molecule has 1 heterocycles. The summed E-state index contributed by atoms with van der Waals surface area (Å²) in [5.74, 6) is -2.98. The molecule has 2 rings (SSSR count). The van der Waals surface area contributed by atoms with E-state index in [2.05, 4.69) is 25.9 Å². The van der Waals surface area contributed by atoms with Gasteiger partial charge < -0.3 is 37.5 Å². The van der Waals surface area contributed by atoms with E-state index in [9.17, 15) is 24.3 Å². The van der Waals surface area contributed by atoms with Gasteiger partial charge in [-0.3, -0.25) is 14.4 Å². The monoisotopic (exact) mass is 501 g/mol. The zero-order valence-corrected chi connectivity index (χ0v) is 20.3. The van der Waals surface area contributed by atoms with E-state index in [-0.39, 0.29) is 12.8 Å². The van der Waals surface area contributed by atoms with Gasteiger partial charge in [-0.15, -0.1) is 0 Å². The summed E-state index contributed by atoms with van der Waals surface area (Å²) in [7, 11) is 0.